The van der Waals surface area contributed by atoms with Crippen LogP contribution in [0, 0.1) is 0 Å². The third-order valence-electron chi connectivity index (χ3n) is 5.84. The van der Waals surface area contributed by atoms with E-state index in [0.29, 0.717) is 50.8 Å². The molecule has 0 aliphatic heterocycles. The fraction of sp³-hybridized carbons (Fsp3) is 0.192. The molecule has 0 N–H and O–H groups in total. The molecule has 0 fully saturated rings. The van der Waals surface area contributed by atoms with E-state index in [4.69, 9.17) is 44.7 Å². The number of rotatable bonds is 6. The standard InChI is InChI=1S/C26H22ClNO6/c1-29-18-10-15-17(12-19(18)30-2)34-26-21(15)16-11-20(31-3)24(32-4)25(33-5)22(16)23(28-26)13-6-8-14(27)9-7-13/h6-12H,1-5H3. The molecule has 34 heavy (non-hydrogen) atoms. The highest BCUT2D eigenvalue weighted by Crippen LogP contribution is 2.50. The van der Waals surface area contributed by atoms with Crippen LogP contribution in [0.3, 0.4) is 0 Å². The van der Waals surface area contributed by atoms with E-state index in [9.17, 15) is 0 Å². The van der Waals surface area contributed by atoms with Gasteiger partial charge in [0.2, 0.25) is 11.5 Å². The third-order valence-corrected chi connectivity index (χ3v) is 6.09. The summed E-state index contributed by atoms with van der Waals surface area (Å²) in [7, 11) is 7.93. The highest BCUT2D eigenvalue weighted by Gasteiger charge is 2.25. The van der Waals surface area contributed by atoms with Gasteiger partial charge in [0.25, 0.3) is 0 Å². The van der Waals surface area contributed by atoms with Crippen LogP contribution in [0.4, 0.5) is 0 Å². The van der Waals surface area contributed by atoms with Crippen molar-refractivity contribution < 1.29 is 28.1 Å². The first-order chi connectivity index (χ1) is 16.5. The Morgan fingerprint density at radius 1 is 0.676 bits per heavy atom. The zero-order valence-electron chi connectivity index (χ0n) is 19.3. The van der Waals surface area contributed by atoms with E-state index in [1.165, 1.54) is 0 Å². The summed E-state index contributed by atoms with van der Waals surface area (Å²) in [6.45, 7) is 0. The van der Waals surface area contributed by atoms with Gasteiger partial charge in [0.05, 0.1) is 52.0 Å². The molecule has 0 aliphatic carbocycles. The molecule has 0 spiro atoms. The van der Waals surface area contributed by atoms with E-state index in [0.717, 1.165) is 27.1 Å². The number of pyridine rings is 1. The molecule has 2 heterocycles. The van der Waals surface area contributed by atoms with Crippen LogP contribution in [0.1, 0.15) is 0 Å². The Bertz CT molecular complexity index is 1540. The van der Waals surface area contributed by atoms with Crippen LogP contribution < -0.4 is 23.7 Å². The minimum atomic E-state index is 0.456. The molecule has 5 aromatic rings. The molecule has 0 bridgehead atoms. The summed E-state index contributed by atoms with van der Waals surface area (Å²) in [5, 5.41) is 3.83. The van der Waals surface area contributed by atoms with Crippen LogP contribution in [0.25, 0.3) is 44.1 Å². The van der Waals surface area contributed by atoms with Gasteiger partial charge in [0.1, 0.15) is 5.58 Å². The molecule has 0 radical (unpaired) electrons. The molecule has 5 rings (SSSR count). The van der Waals surface area contributed by atoms with Gasteiger partial charge in [-0.2, -0.15) is 0 Å². The highest BCUT2D eigenvalue weighted by atomic mass is 35.5. The van der Waals surface area contributed by atoms with Crippen LogP contribution in [-0.4, -0.2) is 40.5 Å². The minimum absolute atomic E-state index is 0.456. The van der Waals surface area contributed by atoms with Crippen molar-refractivity contribution in [2.45, 2.75) is 0 Å². The second kappa shape index (κ2) is 8.50. The van der Waals surface area contributed by atoms with E-state index < -0.39 is 0 Å². The van der Waals surface area contributed by atoms with E-state index in [1.54, 1.807) is 41.6 Å². The Labute approximate surface area is 200 Å². The van der Waals surface area contributed by atoms with Crippen LogP contribution in [0.5, 0.6) is 28.7 Å². The third kappa shape index (κ3) is 3.23. The lowest BCUT2D eigenvalue weighted by Crippen LogP contribution is -1.98. The molecular weight excluding hydrogens is 458 g/mol. The van der Waals surface area contributed by atoms with Crippen molar-refractivity contribution in [2.24, 2.45) is 0 Å². The summed E-state index contributed by atoms with van der Waals surface area (Å²) >= 11 is 6.14. The quantitative estimate of drug-likeness (QED) is 0.275. The number of ether oxygens (including phenoxy) is 5. The Morgan fingerprint density at radius 2 is 1.29 bits per heavy atom. The van der Waals surface area contributed by atoms with Crippen molar-refractivity contribution in [3.63, 3.8) is 0 Å². The number of nitrogens with zero attached hydrogens (tertiary/aromatic N) is 1. The van der Waals surface area contributed by atoms with Crippen molar-refractivity contribution in [1.29, 1.82) is 0 Å². The first-order valence-electron chi connectivity index (χ1n) is 10.4. The second-order valence-corrected chi connectivity index (χ2v) is 7.96. The van der Waals surface area contributed by atoms with Gasteiger partial charge in [-0.3, -0.25) is 0 Å². The van der Waals surface area contributed by atoms with Crippen molar-refractivity contribution in [3.05, 3.63) is 47.5 Å². The van der Waals surface area contributed by atoms with Gasteiger partial charge in [-0.15, -0.1) is 0 Å². The van der Waals surface area contributed by atoms with Crippen molar-refractivity contribution in [1.82, 2.24) is 4.98 Å². The normalized spacial score (nSPS) is 11.2. The van der Waals surface area contributed by atoms with E-state index in [2.05, 4.69) is 0 Å². The molecule has 8 heteroatoms. The number of fused-ring (bicyclic) bond motifs is 5. The maximum atomic E-state index is 6.21. The van der Waals surface area contributed by atoms with Crippen LogP contribution in [0.2, 0.25) is 5.02 Å². The molecule has 0 saturated carbocycles. The summed E-state index contributed by atoms with van der Waals surface area (Å²) < 4.78 is 34.4. The fourth-order valence-electron chi connectivity index (χ4n) is 4.31. The van der Waals surface area contributed by atoms with Crippen molar-refractivity contribution in [3.8, 4) is 40.0 Å². The number of methoxy groups -OCH3 is 5. The highest BCUT2D eigenvalue weighted by molar-refractivity contribution is 6.30. The van der Waals surface area contributed by atoms with Crippen molar-refractivity contribution in [2.75, 3.05) is 35.5 Å². The number of furan rings is 1. The Hall–Kier alpha value is -3.84. The zero-order chi connectivity index (χ0) is 24.0. The Kier molecular flexibility index (Phi) is 5.49. The molecule has 0 aliphatic rings. The monoisotopic (exact) mass is 479 g/mol. The maximum absolute atomic E-state index is 6.21. The smallest absolute Gasteiger partial charge is 0.228 e. The second-order valence-electron chi connectivity index (χ2n) is 7.52. The van der Waals surface area contributed by atoms with Gasteiger partial charge in [-0.05, 0) is 24.3 Å². The molecule has 2 aromatic heterocycles. The number of benzene rings is 3. The molecule has 0 amide bonds. The molecule has 174 valence electrons. The molecule has 0 atom stereocenters. The molecule has 3 aromatic carbocycles. The average Bonchev–Trinajstić information content (AvgIpc) is 3.23. The zero-order valence-corrected chi connectivity index (χ0v) is 20.1. The Morgan fingerprint density at radius 3 is 1.91 bits per heavy atom. The fourth-order valence-corrected chi connectivity index (χ4v) is 4.44. The SMILES string of the molecule is COc1cc2oc3nc(-c4ccc(Cl)cc4)c4c(OC)c(OC)c(OC)cc4c3c2cc1OC. The van der Waals surface area contributed by atoms with E-state index in [-0.39, 0.29) is 0 Å². The van der Waals surface area contributed by atoms with Gasteiger partial charge in [-0.1, -0.05) is 23.7 Å². The van der Waals surface area contributed by atoms with Gasteiger partial charge < -0.3 is 28.1 Å². The topological polar surface area (TPSA) is 72.2 Å². The summed E-state index contributed by atoms with van der Waals surface area (Å²) in [5.41, 5.74) is 2.58. The van der Waals surface area contributed by atoms with Crippen molar-refractivity contribution >= 4 is 44.4 Å². The van der Waals surface area contributed by atoms with E-state index >= 15 is 0 Å². The van der Waals surface area contributed by atoms with Gasteiger partial charge in [0.15, 0.2) is 23.0 Å². The lowest BCUT2D eigenvalue weighted by molar-refractivity contribution is 0.327. The summed E-state index contributed by atoms with van der Waals surface area (Å²) in [4.78, 5) is 4.92. The number of hydrogen-bond donors (Lipinski definition) is 0. The first-order valence-corrected chi connectivity index (χ1v) is 10.8. The maximum Gasteiger partial charge on any atom is 0.228 e. The lowest BCUT2D eigenvalue weighted by atomic mass is 9.98. The Balaban J connectivity index is 2.02. The van der Waals surface area contributed by atoms with Crippen LogP contribution in [-0.2, 0) is 0 Å². The average molecular weight is 480 g/mol. The summed E-state index contributed by atoms with van der Waals surface area (Å²) in [5.74, 6) is 2.65. The molecule has 0 saturated heterocycles. The summed E-state index contributed by atoms with van der Waals surface area (Å²) in [6.07, 6.45) is 0. The number of aromatic nitrogens is 1. The minimum Gasteiger partial charge on any atom is -0.493 e. The largest absolute Gasteiger partial charge is 0.493 e. The van der Waals surface area contributed by atoms with Crippen LogP contribution >= 0.6 is 11.6 Å². The first kappa shape index (κ1) is 22.0. The summed E-state index contributed by atoms with van der Waals surface area (Å²) in [6, 6.07) is 13.0. The van der Waals surface area contributed by atoms with Gasteiger partial charge in [-0.25, -0.2) is 4.98 Å². The molecular formula is C26H22ClNO6. The molecule has 7 nitrogen and oxygen atoms in total. The molecule has 0 unspecified atom stereocenters. The van der Waals surface area contributed by atoms with Gasteiger partial charge in [0, 0.05) is 27.4 Å². The lowest BCUT2D eigenvalue weighted by Gasteiger charge is -2.17. The van der Waals surface area contributed by atoms with Gasteiger partial charge >= 0.3 is 0 Å². The number of hydrogen-bond acceptors (Lipinski definition) is 7. The van der Waals surface area contributed by atoms with E-state index in [1.807, 2.05) is 36.4 Å². The predicted molar refractivity (Wildman–Crippen MR) is 132 cm³/mol. The predicted octanol–water partition coefficient (Wildman–Crippen LogP) is 6.50. The van der Waals surface area contributed by atoms with Crippen LogP contribution in [0.15, 0.2) is 46.9 Å². The number of halogens is 1.